The van der Waals surface area contributed by atoms with Crippen LogP contribution in [0.2, 0.25) is 0 Å². The number of rotatable bonds is 6. The number of nitrogens with one attached hydrogen (secondary N) is 1. The number of amides is 1. The number of nitrogens with zero attached hydrogens (tertiary/aromatic N) is 2. The molecule has 0 fully saturated rings. The molecule has 7 nitrogen and oxygen atoms in total. The molecule has 0 bridgehead atoms. The minimum Gasteiger partial charge on any atom is -0.493 e. The maximum Gasteiger partial charge on any atom is 0.237 e. The van der Waals surface area contributed by atoms with Gasteiger partial charge in [-0.25, -0.2) is 9.97 Å². The highest BCUT2D eigenvalue weighted by Gasteiger charge is 2.20. The van der Waals surface area contributed by atoms with Crippen molar-refractivity contribution < 1.29 is 18.7 Å². The van der Waals surface area contributed by atoms with Crippen molar-refractivity contribution in [3.05, 3.63) is 48.8 Å². The number of benzene rings is 2. The Hall–Kier alpha value is -3.26. The molecule has 2 heterocycles. The van der Waals surface area contributed by atoms with Crippen molar-refractivity contribution in [1.82, 2.24) is 9.97 Å². The van der Waals surface area contributed by atoms with E-state index in [1.807, 2.05) is 31.2 Å². The number of carbonyl (C=O) groups is 1. The molecule has 0 spiro atoms. The van der Waals surface area contributed by atoms with E-state index in [1.54, 1.807) is 32.4 Å². The van der Waals surface area contributed by atoms with Crippen LogP contribution >= 0.6 is 11.8 Å². The van der Waals surface area contributed by atoms with Crippen LogP contribution in [0.5, 0.6) is 11.5 Å². The number of thioether (sulfide) groups is 1. The first-order chi connectivity index (χ1) is 14.1. The van der Waals surface area contributed by atoms with Crippen LogP contribution in [0.3, 0.4) is 0 Å². The van der Waals surface area contributed by atoms with Gasteiger partial charge < -0.3 is 19.2 Å². The molecule has 0 aliphatic rings. The van der Waals surface area contributed by atoms with Crippen molar-refractivity contribution in [3.8, 4) is 11.5 Å². The predicted octanol–water partition coefficient (Wildman–Crippen LogP) is 4.51. The molecule has 1 N–H and O–H groups in total. The summed E-state index contributed by atoms with van der Waals surface area (Å²) in [7, 11) is 3.12. The maximum absolute atomic E-state index is 12.7. The normalized spacial score (nSPS) is 12.1. The number of carbonyl (C=O) groups excluding carboxylic acids is 1. The summed E-state index contributed by atoms with van der Waals surface area (Å²) in [5, 5.41) is 4.04. The summed E-state index contributed by atoms with van der Waals surface area (Å²) >= 11 is 1.32. The van der Waals surface area contributed by atoms with Crippen LogP contribution in [0.15, 0.2) is 58.2 Å². The molecular formula is C21H19N3O4S. The summed E-state index contributed by atoms with van der Waals surface area (Å²) in [6.45, 7) is 1.82. The smallest absolute Gasteiger partial charge is 0.237 e. The molecule has 1 atom stereocenters. The Bertz CT molecular complexity index is 1190. The van der Waals surface area contributed by atoms with Crippen molar-refractivity contribution in [2.45, 2.75) is 17.2 Å². The highest BCUT2D eigenvalue weighted by molar-refractivity contribution is 8.00. The molecule has 0 unspecified atom stereocenters. The van der Waals surface area contributed by atoms with Gasteiger partial charge in [0.1, 0.15) is 22.5 Å². The van der Waals surface area contributed by atoms with Crippen molar-refractivity contribution in [2.75, 3.05) is 19.5 Å². The van der Waals surface area contributed by atoms with Gasteiger partial charge in [0.15, 0.2) is 17.1 Å². The number of hydrogen-bond donors (Lipinski definition) is 1. The van der Waals surface area contributed by atoms with E-state index in [0.29, 0.717) is 27.8 Å². The SMILES string of the molecule is COc1ccc(NC(=O)[C@@H](C)Sc2ncnc3c2oc2ccccc23)cc1OC. The second-order valence-electron chi connectivity index (χ2n) is 6.27. The molecule has 0 saturated carbocycles. The molecule has 0 saturated heterocycles. The molecule has 4 aromatic rings. The van der Waals surface area contributed by atoms with Gasteiger partial charge >= 0.3 is 0 Å². The quantitative estimate of drug-likeness (QED) is 0.370. The van der Waals surface area contributed by atoms with Crippen LogP contribution < -0.4 is 14.8 Å². The summed E-state index contributed by atoms with van der Waals surface area (Å²) in [5.74, 6) is 0.983. The zero-order valence-corrected chi connectivity index (χ0v) is 16.9. The van der Waals surface area contributed by atoms with E-state index in [9.17, 15) is 4.79 Å². The average molecular weight is 409 g/mol. The van der Waals surface area contributed by atoms with Crippen LogP contribution in [0.25, 0.3) is 22.1 Å². The number of aromatic nitrogens is 2. The van der Waals surface area contributed by atoms with E-state index in [0.717, 1.165) is 16.5 Å². The lowest BCUT2D eigenvalue weighted by atomic mass is 10.2. The Morgan fingerprint density at radius 1 is 1.10 bits per heavy atom. The minimum absolute atomic E-state index is 0.162. The zero-order valence-electron chi connectivity index (χ0n) is 16.1. The fraction of sp³-hybridized carbons (Fsp3) is 0.190. The van der Waals surface area contributed by atoms with E-state index >= 15 is 0 Å². The number of furan rings is 1. The van der Waals surface area contributed by atoms with Crippen LogP contribution in [0.4, 0.5) is 5.69 Å². The fourth-order valence-electron chi connectivity index (χ4n) is 2.97. The lowest BCUT2D eigenvalue weighted by Gasteiger charge is -2.13. The lowest BCUT2D eigenvalue weighted by molar-refractivity contribution is -0.115. The first kappa shape index (κ1) is 19.1. The second kappa shape index (κ2) is 8.00. The fourth-order valence-corrected chi connectivity index (χ4v) is 3.82. The number of fused-ring (bicyclic) bond motifs is 3. The van der Waals surface area contributed by atoms with Crippen molar-refractivity contribution >= 4 is 45.4 Å². The van der Waals surface area contributed by atoms with E-state index < -0.39 is 5.25 Å². The largest absolute Gasteiger partial charge is 0.493 e. The number of para-hydroxylation sites is 1. The number of hydrogen-bond acceptors (Lipinski definition) is 7. The van der Waals surface area contributed by atoms with Gasteiger partial charge in [-0.3, -0.25) is 4.79 Å². The van der Waals surface area contributed by atoms with Gasteiger partial charge in [0.25, 0.3) is 0 Å². The third-order valence-electron chi connectivity index (χ3n) is 4.43. The highest BCUT2D eigenvalue weighted by atomic mass is 32.2. The van der Waals surface area contributed by atoms with Gasteiger partial charge in [-0.1, -0.05) is 23.9 Å². The monoisotopic (exact) mass is 409 g/mol. The molecule has 2 aromatic heterocycles. The van der Waals surface area contributed by atoms with E-state index in [2.05, 4.69) is 15.3 Å². The molecule has 29 heavy (non-hydrogen) atoms. The zero-order chi connectivity index (χ0) is 20.4. The summed E-state index contributed by atoms with van der Waals surface area (Å²) in [4.78, 5) is 21.4. The first-order valence-electron chi connectivity index (χ1n) is 8.92. The Morgan fingerprint density at radius 3 is 2.69 bits per heavy atom. The molecule has 2 aromatic carbocycles. The standard InChI is InChI=1S/C21H19N3O4S/c1-12(20(25)24-13-8-9-16(26-2)17(10-13)27-3)29-21-19-18(22-11-23-21)14-6-4-5-7-15(14)28-19/h4-12H,1-3H3,(H,24,25)/t12-/m1/s1. The number of methoxy groups -OCH3 is 2. The van der Waals surface area contributed by atoms with E-state index in [1.165, 1.54) is 18.1 Å². The van der Waals surface area contributed by atoms with Gasteiger partial charge in [-0.05, 0) is 31.2 Å². The summed E-state index contributed by atoms with van der Waals surface area (Å²) in [6, 6.07) is 12.9. The number of anilines is 1. The third-order valence-corrected chi connectivity index (χ3v) is 5.52. The average Bonchev–Trinajstić information content (AvgIpc) is 3.13. The van der Waals surface area contributed by atoms with Crippen molar-refractivity contribution in [2.24, 2.45) is 0 Å². The minimum atomic E-state index is -0.408. The van der Waals surface area contributed by atoms with Crippen molar-refractivity contribution in [3.63, 3.8) is 0 Å². The van der Waals surface area contributed by atoms with Crippen LogP contribution in [0.1, 0.15) is 6.92 Å². The summed E-state index contributed by atoms with van der Waals surface area (Å²) in [6.07, 6.45) is 1.49. The van der Waals surface area contributed by atoms with E-state index in [-0.39, 0.29) is 5.91 Å². The molecule has 0 aliphatic carbocycles. The summed E-state index contributed by atoms with van der Waals surface area (Å²) in [5.41, 5.74) is 2.69. The molecule has 0 radical (unpaired) electrons. The second-order valence-corrected chi connectivity index (χ2v) is 7.60. The maximum atomic E-state index is 12.7. The van der Waals surface area contributed by atoms with Crippen LogP contribution in [-0.2, 0) is 4.79 Å². The Morgan fingerprint density at radius 2 is 1.90 bits per heavy atom. The molecule has 8 heteroatoms. The Balaban J connectivity index is 1.55. The first-order valence-corrected chi connectivity index (χ1v) is 9.80. The number of ether oxygens (including phenoxy) is 2. The molecule has 4 rings (SSSR count). The molecule has 1 amide bonds. The molecular weight excluding hydrogens is 390 g/mol. The third kappa shape index (κ3) is 3.71. The van der Waals surface area contributed by atoms with Crippen LogP contribution in [-0.4, -0.2) is 35.3 Å². The van der Waals surface area contributed by atoms with Gasteiger partial charge in [-0.2, -0.15) is 0 Å². The Kier molecular flexibility index (Phi) is 5.26. The Labute approximate surface area is 171 Å². The van der Waals surface area contributed by atoms with Gasteiger partial charge in [0.2, 0.25) is 5.91 Å². The molecule has 148 valence electrons. The van der Waals surface area contributed by atoms with E-state index in [4.69, 9.17) is 13.9 Å². The highest BCUT2D eigenvalue weighted by Crippen LogP contribution is 2.35. The van der Waals surface area contributed by atoms with Gasteiger partial charge in [0.05, 0.1) is 19.5 Å². The predicted molar refractivity (Wildman–Crippen MR) is 113 cm³/mol. The topological polar surface area (TPSA) is 86.5 Å². The van der Waals surface area contributed by atoms with Gasteiger partial charge in [0, 0.05) is 17.1 Å². The molecule has 0 aliphatic heterocycles. The van der Waals surface area contributed by atoms with Crippen LogP contribution in [0, 0.1) is 0 Å². The van der Waals surface area contributed by atoms with Crippen molar-refractivity contribution in [1.29, 1.82) is 0 Å². The van der Waals surface area contributed by atoms with Gasteiger partial charge in [-0.15, -0.1) is 0 Å². The lowest BCUT2D eigenvalue weighted by Crippen LogP contribution is -2.22. The summed E-state index contributed by atoms with van der Waals surface area (Å²) < 4.78 is 16.4.